The van der Waals surface area contributed by atoms with E-state index in [4.69, 9.17) is 17.0 Å². The minimum atomic E-state index is 0.775. The molecule has 0 spiro atoms. The zero-order valence-electron chi connectivity index (χ0n) is 10.1. The van der Waals surface area contributed by atoms with Crippen molar-refractivity contribution in [2.75, 3.05) is 7.11 Å². The Hall–Kier alpha value is -1.55. The second-order valence-electron chi connectivity index (χ2n) is 4.00. The summed E-state index contributed by atoms with van der Waals surface area (Å²) in [5.74, 6) is 0.936. The summed E-state index contributed by atoms with van der Waals surface area (Å²) in [6.45, 7) is 2.87. The zero-order chi connectivity index (χ0) is 12.3. The van der Waals surface area contributed by atoms with Gasteiger partial charge in [-0.2, -0.15) is 0 Å². The van der Waals surface area contributed by atoms with Crippen LogP contribution in [0.15, 0.2) is 30.5 Å². The van der Waals surface area contributed by atoms with Gasteiger partial charge in [0.2, 0.25) is 0 Å². The number of nitrogens with zero attached hydrogens (tertiary/aromatic N) is 1. The van der Waals surface area contributed by atoms with Crippen LogP contribution >= 0.6 is 12.2 Å². The molecular formula is C13H16N2OS. The molecule has 0 saturated carbocycles. The highest BCUT2D eigenvalue weighted by molar-refractivity contribution is 7.71. The number of nitrogens with one attached hydrogen (secondary N) is 1. The number of benzene rings is 1. The maximum atomic E-state index is 5.33. The molecule has 1 N–H and O–H groups in total. The highest BCUT2D eigenvalue weighted by Crippen LogP contribution is 2.18. The first kappa shape index (κ1) is 11.9. The molecule has 0 radical (unpaired) electrons. The lowest BCUT2D eigenvalue weighted by atomic mass is 10.1. The molecule has 90 valence electrons. The third-order valence-corrected chi connectivity index (χ3v) is 3.07. The second-order valence-corrected chi connectivity index (χ2v) is 4.38. The number of ether oxygens (including phenoxy) is 1. The Bertz CT molecular complexity index is 557. The molecule has 4 heteroatoms. The molecule has 2 rings (SSSR count). The molecule has 0 aliphatic carbocycles. The predicted molar refractivity (Wildman–Crippen MR) is 71.1 cm³/mol. The Labute approximate surface area is 106 Å². The van der Waals surface area contributed by atoms with Crippen LogP contribution in [-0.2, 0) is 13.0 Å². The minimum Gasteiger partial charge on any atom is -0.496 e. The summed E-state index contributed by atoms with van der Waals surface area (Å²) in [6.07, 6.45) is 2.95. The summed E-state index contributed by atoms with van der Waals surface area (Å²) in [6, 6.07) is 8.08. The first-order valence-corrected chi connectivity index (χ1v) is 5.99. The van der Waals surface area contributed by atoms with Gasteiger partial charge in [0.15, 0.2) is 4.77 Å². The summed E-state index contributed by atoms with van der Waals surface area (Å²) in [7, 11) is 1.70. The zero-order valence-corrected chi connectivity index (χ0v) is 10.9. The van der Waals surface area contributed by atoms with Crippen LogP contribution in [0.25, 0.3) is 0 Å². The third-order valence-electron chi connectivity index (χ3n) is 2.73. The Morgan fingerprint density at radius 1 is 1.35 bits per heavy atom. The molecule has 0 aliphatic heterocycles. The van der Waals surface area contributed by atoms with Gasteiger partial charge in [-0.25, -0.2) is 0 Å². The van der Waals surface area contributed by atoms with E-state index in [1.807, 2.05) is 31.3 Å². The SMILES string of the molecule is COc1ccccc1CCn1cc(C)[nH]c1=S. The number of imidazole rings is 1. The first-order valence-electron chi connectivity index (χ1n) is 5.58. The number of H-pyrrole nitrogens is 1. The number of aromatic amines is 1. The van der Waals surface area contributed by atoms with Crippen LogP contribution in [0.4, 0.5) is 0 Å². The topological polar surface area (TPSA) is 29.9 Å². The molecule has 1 heterocycles. The van der Waals surface area contributed by atoms with E-state index in [9.17, 15) is 0 Å². The van der Waals surface area contributed by atoms with Gasteiger partial charge in [0.1, 0.15) is 5.75 Å². The summed E-state index contributed by atoms with van der Waals surface area (Å²) in [4.78, 5) is 3.12. The molecule has 1 aromatic heterocycles. The van der Waals surface area contributed by atoms with Crippen molar-refractivity contribution in [2.24, 2.45) is 0 Å². The highest BCUT2D eigenvalue weighted by Gasteiger charge is 2.02. The average Bonchev–Trinajstić information content (AvgIpc) is 2.65. The summed E-state index contributed by atoms with van der Waals surface area (Å²) in [5.41, 5.74) is 2.30. The van der Waals surface area contributed by atoms with Crippen LogP contribution in [0.3, 0.4) is 0 Å². The van der Waals surface area contributed by atoms with Gasteiger partial charge in [-0.1, -0.05) is 18.2 Å². The number of hydrogen-bond donors (Lipinski definition) is 1. The largest absolute Gasteiger partial charge is 0.496 e. The molecule has 0 bridgehead atoms. The third kappa shape index (κ3) is 2.77. The van der Waals surface area contributed by atoms with E-state index in [0.717, 1.165) is 29.2 Å². The Morgan fingerprint density at radius 2 is 2.12 bits per heavy atom. The van der Waals surface area contributed by atoms with Crippen LogP contribution in [0.5, 0.6) is 5.75 Å². The van der Waals surface area contributed by atoms with E-state index < -0.39 is 0 Å². The molecule has 0 unspecified atom stereocenters. The van der Waals surface area contributed by atoms with Crippen molar-refractivity contribution >= 4 is 12.2 Å². The fourth-order valence-corrected chi connectivity index (χ4v) is 2.19. The van der Waals surface area contributed by atoms with Gasteiger partial charge in [0.05, 0.1) is 7.11 Å². The molecule has 0 aliphatic rings. The van der Waals surface area contributed by atoms with Crippen LogP contribution in [0.1, 0.15) is 11.3 Å². The first-order chi connectivity index (χ1) is 8.20. The van der Waals surface area contributed by atoms with Gasteiger partial charge in [0.25, 0.3) is 0 Å². The lowest BCUT2D eigenvalue weighted by molar-refractivity contribution is 0.408. The number of hydrogen-bond acceptors (Lipinski definition) is 2. The molecule has 17 heavy (non-hydrogen) atoms. The van der Waals surface area contributed by atoms with Crippen molar-refractivity contribution in [3.05, 3.63) is 46.5 Å². The molecule has 0 atom stereocenters. The minimum absolute atomic E-state index is 0.775. The van der Waals surface area contributed by atoms with Gasteiger partial charge in [-0.3, -0.25) is 0 Å². The molecule has 0 amide bonds. The van der Waals surface area contributed by atoms with Crippen molar-refractivity contribution in [1.82, 2.24) is 9.55 Å². The molecule has 2 aromatic rings. The summed E-state index contributed by atoms with van der Waals surface area (Å²) < 4.78 is 8.15. The van der Waals surface area contributed by atoms with Crippen LogP contribution in [0, 0.1) is 11.7 Å². The smallest absolute Gasteiger partial charge is 0.177 e. The average molecular weight is 248 g/mol. The Balaban J connectivity index is 2.12. The van der Waals surface area contributed by atoms with Gasteiger partial charge in [0, 0.05) is 18.4 Å². The summed E-state index contributed by atoms with van der Waals surface area (Å²) in [5, 5.41) is 0. The van der Waals surface area contributed by atoms with E-state index in [0.29, 0.717) is 0 Å². The van der Waals surface area contributed by atoms with Crippen molar-refractivity contribution < 1.29 is 4.74 Å². The number of aryl methyl sites for hydroxylation is 3. The highest BCUT2D eigenvalue weighted by atomic mass is 32.1. The number of methoxy groups -OCH3 is 1. The van der Waals surface area contributed by atoms with Gasteiger partial charge >= 0.3 is 0 Å². The fourth-order valence-electron chi connectivity index (χ4n) is 1.88. The number of para-hydroxylation sites is 1. The van der Waals surface area contributed by atoms with E-state index in [-0.39, 0.29) is 0 Å². The fraction of sp³-hybridized carbons (Fsp3) is 0.308. The normalized spacial score (nSPS) is 10.5. The second kappa shape index (κ2) is 5.19. The standard InChI is InChI=1S/C13H16N2OS/c1-10-9-15(13(17)14-10)8-7-11-5-3-4-6-12(11)16-2/h3-6,9H,7-8H2,1-2H3,(H,14,17). The number of rotatable bonds is 4. The quantitative estimate of drug-likeness (QED) is 0.843. The van der Waals surface area contributed by atoms with E-state index in [1.54, 1.807) is 7.11 Å². The van der Waals surface area contributed by atoms with Crippen LogP contribution in [0.2, 0.25) is 0 Å². The van der Waals surface area contributed by atoms with Crippen molar-refractivity contribution in [1.29, 1.82) is 0 Å². The van der Waals surface area contributed by atoms with Gasteiger partial charge in [-0.15, -0.1) is 0 Å². The molecule has 3 nitrogen and oxygen atoms in total. The Morgan fingerprint density at radius 3 is 2.76 bits per heavy atom. The Kier molecular flexibility index (Phi) is 3.64. The number of aromatic nitrogens is 2. The molecule has 0 fully saturated rings. The van der Waals surface area contributed by atoms with E-state index in [2.05, 4.69) is 15.6 Å². The lowest BCUT2D eigenvalue weighted by Crippen LogP contribution is -2.01. The predicted octanol–water partition coefficient (Wildman–Crippen LogP) is 3.11. The molecule has 0 saturated heterocycles. The van der Waals surface area contributed by atoms with E-state index >= 15 is 0 Å². The maximum Gasteiger partial charge on any atom is 0.177 e. The van der Waals surface area contributed by atoms with E-state index in [1.165, 1.54) is 5.56 Å². The lowest BCUT2D eigenvalue weighted by Gasteiger charge is -2.08. The molecule has 1 aromatic carbocycles. The van der Waals surface area contributed by atoms with Gasteiger partial charge < -0.3 is 14.3 Å². The molecular weight excluding hydrogens is 232 g/mol. The van der Waals surface area contributed by atoms with Crippen molar-refractivity contribution in [3.63, 3.8) is 0 Å². The van der Waals surface area contributed by atoms with Crippen molar-refractivity contribution in [2.45, 2.75) is 19.9 Å². The monoisotopic (exact) mass is 248 g/mol. The van der Waals surface area contributed by atoms with Gasteiger partial charge in [-0.05, 0) is 37.2 Å². The van der Waals surface area contributed by atoms with Crippen LogP contribution in [-0.4, -0.2) is 16.7 Å². The summed E-state index contributed by atoms with van der Waals surface area (Å²) >= 11 is 5.23. The maximum absolute atomic E-state index is 5.33. The van der Waals surface area contributed by atoms with Crippen LogP contribution < -0.4 is 4.74 Å². The van der Waals surface area contributed by atoms with Crippen molar-refractivity contribution in [3.8, 4) is 5.75 Å².